The molecule has 4 nitrogen and oxygen atoms in total. The quantitative estimate of drug-likeness (QED) is 0.529. The number of carbonyl (C=O) groups is 1. The van der Waals surface area contributed by atoms with Gasteiger partial charge in [0.1, 0.15) is 0 Å². The molecule has 0 aromatic heterocycles. The Morgan fingerprint density at radius 1 is 1.17 bits per heavy atom. The Morgan fingerprint density at radius 2 is 2.00 bits per heavy atom. The molecule has 2 aliphatic heterocycles. The van der Waals surface area contributed by atoms with Crippen LogP contribution in [0.1, 0.15) is 0 Å². The lowest BCUT2D eigenvalue weighted by Crippen LogP contribution is -2.48. The van der Waals surface area contributed by atoms with Crippen molar-refractivity contribution in [1.82, 2.24) is 16.2 Å². The van der Waals surface area contributed by atoms with Crippen molar-refractivity contribution in [2.24, 2.45) is 5.92 Å². The molecular weight excluding hydrogens is 226 g/mol. The second-order valence-corrected chi connectivity index (χ2v) is 4.85. The van der Waals surface area contributed by atoms with Crippen molar-refractivity contribution in [2.45, 2.75) is 6.04 Å². The molecule has 3 aliphatic rings. The lowest BCUT2D eigenvalue weighted by atomic mass is 9.88. The number of fused-ring (bicyclic) bond motifs is 3. The fraction of sp³-hybridized carbons (Fsp3) is 0.214. The minimum Gasteiger partial charge on any atom is -0.345 e. The molecule has 2 unspecified atom stereocenters. The molecule has 90 valence electrons. The number of rotatable bonds is 0. The molecular formula is C14H13N3O. The van der Waals surface area contributed by atoms with E-state index in [9.17, 15) is 4.79 Å². The van der Waals surface area contributed by atoms with Crippen molar-refractivity contribution in [2.75, 3.05) is 6.54 Å². The third kappa shape index (κ3) is 1.26. The molecule has 0 spiro atoms. The smallest absolute Gasteiger partial charge is 0.231 e. The number of hydrazine groups is 1. The summed E-state index contributed by atoms with van der Waals surface area (Å²) in [5.74, 6) is 0.0199. The van der Waals surface area contributed by atoms with E-state index in [1.807, 2.05) is 12.1 Å². The summed E-state index contributed by atoms with van der Waals surface area (Å²) in [6, 6.07) is 8.22. The highest BCUT2D eigenvalue weighted by Crippen LogP contribution is 2.26. The lowest BCUT2D eigenvalue weighted by Gasteiger charge is -2.28. The highest BCUT2D eigenvalue weighted by Gasteiger charge is 2.37. The molecule has 0 saturated carbocycles. The van der Waals surface area contributed by atoms with Gasteiger partial charge in [-0.1, -0.05) is 24.3 Å². The summed E-state index contributed by atoms with van der Waals surface area (Å²) >= 11 is 0. The van der Waals surface area contributed by atoms with Gasteiger partial charge < -0.3 is 10.7 Å². The lowest BCUT2D eigenvalue weighted by molar-refractivity contribution is -0.124. The molecule has 3 N–H and O–H groups in total. The maximum atomic E-state index is 12.0. The highest BCUT2D eigenvalue weighted by atomic mass is 16.2. The first-order valence-corrected chi connectivity index (χ1v) is 6.15. The van der Waals surface area contributed by atoms with Crippen molar-refractivity contribution in [3.8, 4) is 0 Å². The Labute approximate surface area is 104 Å². The molecule has 2 atom stereocenters. The van der Waals surface area contributed by atoms with E-state index in [-0.39, 0.29) is 17.9 Å². The summed E-state index contributed by atoms with van der Waals surface area (Å²) < 4.78 is 0. The molecule has 0 radical (unpaired) electrons. The van der Waals surface area contributed by atoms with E-state index < -0.39 is 0 Å². The topological polar surface area (TPSA) is 53.2 Å². The zero-order valence-corrected chi connectivity index (χ0v) is 9.73. The Balaban J connectivity index is 1.99. The largest absolute Gasteiger partial charge is 0.345 e. The van der Waals surface area contributed by atoms with Gasteiger partial charge in [0.25, 0.3) is 0 Å². The highest BCUT2D eigenvalue weighted by molar-refractivity contribution is 5.88. The predicted molar refractivity (Wildman–Crippen MR) is 68.2 cm³/mol. The molecule has 1 aromatic carbocycles. The van der Waals surface area contributed by atoms with Gasteiger partial charge in [0, 0.05) is 17.8 Å². The Bertz CT molecular complexity index is 689. The number of nitrogens with one attached hydrogen (secondary N) is 3. The van der Waals surface area contributed by atoms with E-state index in [4.69, 9.17) is 0 Å². The first kappa shape index (κ1) is 9.91. The number of carbonyl (C=O) groups excluding carboxylic acids is 1. The summed E-state index contributed by atoms with van der Waals surface area (Å²) in [5.41, 5.74) is 8.38. The van der Waals surface area contributed by atoms with Gasteiger partial charge in [0.05, 0.1) is 12.0 Å². The Hall–Kier alpha value is -2.07. The molecule has 4 heteroatoms. The van der Waals surface area contributed by atoms with Crippen LogP contribution < -0.4 is 26.6 Å². The Kier molecular flexibility index (Phi) is 1.91. The standard InChI is InChI=1S/C14H13N3O/c18-14-11-7-15-17-13(11)10-5-8-3-1-2-4-9(8)6-12(10)16-14/h1-6,11-12,15,17H,7H2,(H,16,18). The van der Waals surface area contributed by atoms with Crippen molar-refractivity contribution < 1.29 is 4.79 Å². The van der Waals surface area contributed by atoms with Crippen molar-refractivity contribution in [1.29, 1.82) is 0 Å². The molecule has 1 amide bonds. The molecule has 1 aromatic rings. The molecule has 1 aliphatic carbocycles. The van der Waals surface area contributed by atoms with Crippen LogP contribution in [-0.4, -0.2) is 18.5 Å². The van der Waals surface area contributed by atoms with Crippen LogP contribution in [0.25, 0.3) is 12.2 Å². The van der Waals surface area contributed by atoms with Gasteiger partial charge in [-0.3, -0.25) is 4.79 Å². The maximum Gasteiger partial charge on any atom is 0.231 e. The van der Waals surface area contributed by atoms with E-state index in [0.29, 0.717) is 6.54 Å². The van der Waals surface area contributed by atoms with E-state index in [1.165, 1.54) is 16.0 Å². The summed E-state index contributed by atoms with van der Waals surface area (Å²) in [5, 5.41) is 5.45. The number of hydrogen-bond acceptors (Lipinski definition) is 3. The summed E-state index contributed by atoms with van der Waals surface area (Å²) in [4.78, 5) is 12.0. The van der Waals surface area contributed by atoms with Crippen LogP contribution in [0.2, 0.25) is 0 Å². The van der Waals surface area contributed by atoms with Crippen LogP contribution in [0.3, 0.4) is 0 Å². The van der Waals surface area contributed by atoms with Crippen molar-refractivity contribution in [3.63, 3.8) is 0 Å². The molecule has 2 heterocycles. The predicted octanol–water partition coefficient (Wildman–Crippen LogP) is -1.26. The van der Waals surface area contributed by atoms with E-state index in [2.05, 4.69) is 40.5 Å². The number of hydrogen-bond donors (Lipinski definition) is 3. The zero-order chi connectivity index (χ0) is 12.1. The van der Waals surface area contributed by atoms with Gasteiger partial charge in [-0.05, 0) is 22.6 Å². The van der Waals surface area contributed by atoms with Crippen LogP contribution in [-0.2, 0) is 4.79 Å². The second kappa shape index (κ2) is 3.46. The normalized spacial score (nSPS) is 28.1. The third-order valence-electron chi connectivity index (χ3n) is 3.79. The van der Waals surface area contributed by atoms with Crippen LogP contribution in [0.15, 0.2) is 35.5 Å². The van der Waals surface area contributed by atoms with Gasteiger partial charge in [-0.15, -0.1) is 0 Å². The van der Waals surface area contributed by atoms with E-state index in [0.717, 1.165) is 5.70 Å². The fourth-order valence-electron chi connectivity index (χ4n) is 2.87. The summed E-state index contributed by atoms with van der Waals surface area (Å²) in [6.07, 6.45) is 4.29. The van der Waals surface area contributed by atoms with Crippen molar-refractivity contribution >= 4 is 18.1 Å². The minimum absolute atomic E-state index is 0.00829. The van der Waals surface area contributed by atoms with E-state index in [1.54, 1.807) is 0 Å². The van der Waals surface area contributed by atoms with Gasteiger partial charge >= 0.3 is 0 Å². The minimum atomic E-state index is -0.0776. The van der Waals surface area contributed by atoms with E-state index >= 15 is 0 Å². The number of amides is 1. The van der Waals surface area contributed by atoms with Gasteiger partial charge in [0.15, 0.2) is 0 Å². The average Bonchev–Trinajstić information content (AvgIpc) is 2.87. The molecule has 1 saturated heterocycles. The summed E-state index contributed by atoms with van der Waals surface area (Å²) in [7, 11) is 0. The molecule has 0 bridgehead atoms. The van der Waals surface area contributed by atoms with Gasteiger partial charge in [0.2, 0.25) is 5.91 Å². The average molecular weight is 239 g/mol. The van der Waals surface area contributed by atoms with Crippen LogP contribution in [0, 0.1) is 5.92 Å². The van der Waals surface area contributed by atoms with Crippen LogP contribution in [0.5, 0.6) is 0 Å². The molecule has 4 rings (SSSR count). The second-order valence-electron chi connectivity index (χ2n) is 4.85. The first-order chi connectivity index (χ1) is 8.83. The number of benzene rings is 1. The first-order valence-electron chi connectivity index (χ1n) is 6.15. The monoisotopic (exact) mass is 239 g/mol. The zero-order valence-electron chi connectivity index (χ0n) is 9.73. The van der Waals surface area contributed by atoms with Crippen molar-refractivity contribution in [3.05, 3.63) is 46.0 Å². The maximum absolute atomic E-state index is 12.0. The SMILES string of the molecule is O=C1NC2C=c3ccccc3=CC2=C2NNCC12. The third-order valence-corrected chi connectivity index (χ3v) is 3.79. The summed E-state index contributed by atoms with van der Waals surface area (Å²) in [6.45, 7) is 0.660. The van der Waals surface area contributed by atoms with Gasteiger partial charge in [-0.25, -0.2) is 5.43 Å². The van der Waals surface area contributed by atoms with Crippen LogP contribution in [0.4, 0.5) is 0 Å². The molecule has 1 fully saturated rings. The Morgan fingerprint density at radius 3 is 2.89 bits per heavy atom. The van der Waals surface area contributed by atoms with Gasteiger partial charge in [-0.2, -0.15) is 0 Å². The van der Waals surface area contributed by atoms with Crippen LogP contribution >= 0.6 is 0 Å². The molecule has 18 heavy (non-hydrogen) atoms. The fourth-order valence-corrected chi connectivity index (χ4v) is 2.87.